The van der Waals surface area contributed by atoms with Gasteiger partial charge in [-0.05, 0) is 5.41 Å². The molecule has 0 bridgehead atoms. The van der Waals surface area contributed by atoms with Gasteiger partial charge in [-0.3, -0.25) is 9.59 Å². The molecule has 0 aliphatic heterocycles. The van der Waals surface area contributed by atoms with Gasteiger partial charge in [-0.1, -0.05) is 51.1 Å². The predicted molar refractivity (Wildman–Crippen MR) is 67.5 cm³/mol. The van der Waals surface area contributed by atoms with E-state index in [1.54, 1.807) is 12.1 Å². The van der Waals surface area contributed by atoms with Crippen molar-refractivity contribution in [2.75, 3.05) is 0 Å². The summed E-state index contributed by atoms with van der Waals surface area (Å²) in [5.74, 6) is -0.825. The molecule has 2 N–H and O–H groups in total. The molecule has 1 amide bonds. The van der Waals surface area contributed by atoms with Crippen molar-refractivity contribution in [3.05, 3.63) is 35.9 Å². The first-order valence-electron chi connectivity index (χ1n) is 5.70. The van der Waals surface area contributed by atoms with E-state index in [1.165, 1.54) is 0 Å². The summed E-state index contributed by atoms with van der Waals surface area (Å²) in [5.41, 5.74) is 5.57. The van der Waals surface area contributed by atoms with Crippen LogP contribution in [-0.2, 0) is 4.79 Å². The number of Topliss-reactive ketones (excluding diaryl/α,β-unsaturated/α-hetero) is 1. The maximum Gasteiger partial charge on any atom is 0.218 e. The number of nitrogens with two attached hydrogens (primary N) is 1. The lowest BCUT2D eigenvalue weighted by Gasteiger charge is -2.28. The van der Waals surface area contributed by atoms with E-state index < -0.39 is 5.91 Å². The molecule has 17 heavy (non-hydrogen) atoms. The van der Waals surface area contributed by atoms with E-state index in [2.05, 4.69) is 0 Å². The van der Waals surface area contributed by atoms with Gasteiger partial charge >= 0.3 is 0 Å². The molecule has 0 aromatic heterocycles. The van der Waals surface area contributed by atoms with Gasteiger partial charge in [0.25, 0.3) is 0 Å². The van der Waals surface area contributed by atoms with Gasteiger partial charge in [-0.15, -0.1) is 0 Å². The fraction of sp³-hybridized carbons (Fsp3) is 0.429. The van der Waals surface area contributed by atoms with Crippen molar-refractivity contribution in [1.29, 1.82) is 0 Å². The molecule has 1 unspecified atom stereocenters. The molecule has 0 saturated carbocycles. The zero-order chi connectivity index (χ0) is 13.1. The third kappa shape index (κ3) is 3.70. The highest BCUT2D eigenvalue weighted by molar-refractivity contribution is 6.00. The molecule has 1 atom stereocenters. The molecule has 3 nitrogen and oxygen atoms in total. The van der Waals surface area contributed by atoms with Crippen LogP contribution in [0.3, 0.4) is 0 Å². The number of primary amides is 1. The summed E-state index contributed by atoms with van der Waals surface area (Å²) >= 11 is 0. The second-order valence-corrected chi connectivity index (χ2v) is 5.32. The second-order valence-electron chi connectivity index (χ2n) is 5.32. The van der Waals surface area contributed by atoms with E-state index in [1.807, 2.05) is 39.0 Å². The van der Waals surface area contributed by atoms with Crippen molar-refractivity contribution in [1.82, 2.24) is 0 Å². The first kappa shape index (κ1) is 13.4. The summed E-state index contributed by atoms with van der Waals surface area (Å²) in [6.07, 6.45) is 0.0945. The van der Waals surface area contributed by atoms with Gasteiger partial charge in [0, 0.05) is 17.9 Å². The lowest BCUT2D eigenvalue weighted by molar-refractivity contribution is -0.119. The molecular formula is C14H19NO2. The maximum atomic E-state index is 12.3. The molecule has 0 aliphatic rings. The molecule has 3 heteroatoms. The van der Waals surface area contributed by atoms with Gasteiger partial charge in [0.2, 0.25) is 5.91 Å². The molecule has 0 spiro atoms. The Bertz CT molecular complexity index is 404. The van der Waals surface area contributed by atoms with Crippen LogP contribution in [0.25, 0.3) is 0 Å². The Morgan fingerprint density at radius 1 is 1.18 bits per heavy atom. The maximum absolute atomic E-state index is 12.3. The largest absolute Gasteiger partial charge is 0.370 e. The van der Waals surface area contributed by atoms with Crippen LogP contribution in [0.4, 0.5) is 0 Å². The minimum absolute atomic E-state index is 0.0168. The van der Waals surface area contributed by atoms with Gasteiger partial charge < -0.3 is 5.73 Å². The van der Waals surface area contributed by atoms with Crippen LogP contribution >= 0.6 is 0 Å². The number of hydrogen-bond donors (Lipinski definition) is 1. The second kappa shape index (κ2) is 5.13. The highest BCUT2D eigenvalue weighted by Gasteiger charge is 2.32. The Hall–Kier alpha value is -1.64. The van der Waals surface area contributed by atoms with Gasteiger partial charge in [-0.2, -0.15) is 0 Å². The number of benzene rings is 1. The summed E-state index contributed by atoms with van der Waals surface area (Å²) in [6.45, 7) is 5.84. The molecule has 0 aliphatic carbocycles. The van der Waals surface area contributed by atoms with Crippen molar-refractivity contribution in [2.24, 2.45) is 17.1 Å². The van der Waals surface area contributed by atoms with Crippen molar-refractivity contribution >= 4 is 11.7 Å². The number of carbonyl (C=O) groups is 2. The molecule has 0 heterocycles. The standard InChI is InChI=1S/C14H19NO2/c1-14(2,3)11(9-12(15)16)13(17)10-7-5-4-6-8-10/h4-8,11H,9H2,1-3H3,(H2,15,16). The van der Waals surface area contributed by atoms with Crippen molar-refractivity contribution in [2.45, 2.75) is 27.2 Å². The van der Waals surface area contributed by atoms with Crippen LogP contribution in [0.5, 0.6) is 0 Å². The summed E-state index contributed by atoms with van der Waals surface area (Å²) in [5, 5.41) is 0. The molecule has 1 aromatic carbocycles. The van der Waals surface area contributed by atoms with Crippen molar-refractivity contribution in [3.8, 4) is 0 Å². The van der Waals surface area contributed by atoms with Crippen LogP contribution in [0, 0.1) is 11.3 Å². The smallest absolute Gasteiger partial charge is 0.218 e. The Kier molecular flexibility index (Phi) is 4.05. The van der Waals surface area contributed by atoms with E-state index >= 15 is 0 Å². The molecule has 92 valence electrons. The summed E-state index contributed by atoms with van der Waals surface area (Å²) in [4.78, 5) is 23.4. The minimum Gasteiger partial charge on any atom is -0.370 e. The lowest BCUT2D eigenvalue weighted by atomic mass is 9.74. The van der Waals surface area contributed by atoms with Gasteiger partial charge in [0.15, 0.2) is 5.78 Å². The molecule has 1 aromatic rings. The molecule has 0 fully saturated rings. The molecular weight excluding hydrogens is 214 g/mol. The molecule has 0 saturated heterocycles. The highest BCUT2D eigenvalue weighted by Crippen LogP contribution is 2.31. The van der Waals surface area contributed by atoms with E-state index in [0.717, 1.165) is 0 Å². The zero-order valence-electron chi connectivity index (χ0n) is 10.6. The fourth-order valence-electron chi connectivity index (χ4n) is 1.80. The Labute approximate surface area is 102 Å². The third-order valence-corrected chi connectivity index (χ3v) is 2.83. The topological polar surface area (TPSA) is 60.2 Å². The summed E-state index contributed by atoms with van der Waals surface area (Å²) in [7, 11) is 0. The van der Waals surface area contributed by atoms with Crippen molar-refractivity contribution in [3.63, 3.8) is 0 Å². The van der Waals surface area contributed by atoms with E-state index in [-0.39, 0.29) is 23.5 Å². The minimum atomic E-state index is -0.436. The zero-order valence-corrected chi connectivity index (χ0v) is 10.6. The van der Waals surface area contributed by atoms with Gasteiger partial charge in [0.1, 0.15) is 0 Å². The number of rotatable bonds is 4. The molecule has 0 radical (unpaired) electrons. The Morgan fingerprint density at radius 2 is 1.71 bits per heavy atom. The average molecular weight is 233 g/mol. The van der Waals surface area contributed by atoms with Crippen LogP contribution in [0.1, 0.15) is 37.6 Å². The Balaban J connectivity index is 3.00. The van der Waals surface area contributed by atoms with Crippen LogP contribution < -0.4 is 5.73 Å². The Morgan fingerprint density at radius 3 is 2.12 bits per heavy atom. The SMILES string of the molecule is CC(C)(C)C(CC(N)=O)C(=O)c1ccccc1. The van der Waals surface area contributed by atoms with E-state index in [4.69, 9.17) is 5.73 Å². The summed E-state index contributed by atoms with van der Waals surface area (Å²) < 4.78 is 0. The number of ketones is 1. The first-order chi connectivity index (χ1) is 7.82. The number of carbonyl (C=O) groups excluding carboxylic acids is 2. The molecule has 1 rings (SSSR count). The first-order valence-corrected chi connectivity index (χ1v) is 5.70. The van der Waals surface area contributed by atoms with E-state index in [0.29, 0.717) is 5.56 Å². The normalized spacial score (nSPS) is 13.1. The van der Waals surface area contributed by atoms with Crippen LogP contribution in [0.2, 0.25) is 0 Å². The van der Waals surface area contributed by atoms with Crippen molar-refractivity contribution < 1.29 is 9.59 Å². The van der Waals surface area contributed by atoms with Gasteiger partial charge in [-0.25, -0.2) is 0 Å². The monoisotopic (exact) mass is 233 g/mol. The van der Waals surface area contributed by atoms with Crippen LogP contribution in [-0.4, -0.2) is 11.7 Å². The quantitative estimate of drug-likeness (QED) is 0.812. The fourth-order valence-corrected chi connectivity index (χ4v) is 1.80. The predicted octanol–water partition coefficient (Wildman–Crippen LogP) is 2.41. The summed E-state index contributed by atoms with van der Waals surface area (Å²) in [6, 6.07) is 9.02. The lowest BCUT2D eigenvalue weighted by Crippen LogP contribution is -2.33. The van der Waals surface area contributed by atoms with E-state index in [9.17, 15) is 9.59 Å². The average Bonchev–Trinajstić information content (AvgIpc) is 2.24. The number of hydrogen-bond acceptors (Lipinski definition) is 2. The highest BCUT2D eigenvalue weighted by atomic mass is 16.1. The number of amides is 1. The van der Waals surface area contributed by atoms with Gasteiger partial charge in [0.05, 0.1) is 0 Å². The van der Waals surface area contributed by atoms with Crippen LogP contribution in [0.15, 0.2) is 30.3 Å². The third-order valence-electron chi connectivity index (χ3n) is 2.83.